The van der Waals surface area contributed by atoms with Crippen LogP contribution in [0.1, 0.15) is 27.2 Å². The Labute approximate surface area is 105 Å². The van der Waals surface area contributed by atoms with Crippen LogP contribution in [0.4, 0.5) is 13.2 Å². The summed E-state index contributed by atoms with van der Waals surface area (Å²) in [6.45, 7) is 5.24. The molecule has 3 atom stereocenters. The van der Waals surface area contributed by atoms with Crippen LogP contribution in [0.2, 0.25) is 0 Å². The first kappa shape index (κ1) is 17.0. The third-order valence-electron chi connectivity index (χ3n) is 2.75. The molecule has 0 aromatic carbocycles. The SMILES string of the molecule is CC[C@H](C)[C@@H](/C=C/[C@@H](C)CO)NC(=O)C(F)(F)F. The molecule has 0 bridgehead atoms. The molecule has 0 heterocycles. The van der Waals surface area contributed by atoms with Gasteiger partial charge in [-0.05, 0) is 11.8 Å². The van der Waals surface area contributed by atoms with Gasteiger partial charge in [-0.25, -0.2) is 0 Å². The summed E-state index contributed by atoms with van der Waals surface area (Å²) in [7, 11) is 0. The van der Waals surface area contributed by atoms with E-state index in [4.69, 9.17) is 5.11 Å². The summed E-state index contributed by atoms with van der Waals surface area (Å²) in [5.74, 6) is -2.20. The predicted octanol–water partition coefficient (Wildman–Crippen LogP) is 2.26. The zero-order valence-corrected chi connectivity index (χ0v) is 10.8. The Morgan fingerprint density at radius 3 is 2.28 bits per heavy atom. The van der Waals surface area contributed by atoms with E-state index in [-0.39, 0.29) is 18.4 Å². The lowest BCUT2D eigenvalue weighted by Gasteiger charge is -2.22. The molecular formula is C12H20F3NO2. The molecule has 0 fully saturated rings. The summed E-state index contributed by atoms with van der Waals surface area (Å²) < 4.78 is 36.5. The Balaban J connectivity index is 4.71. The number of alkyl halides is 3. The van der Waals surface area contributed by atoms with Gasteiger partial charge in [0, 0.05) is 12.6 Å². The third-order valence-corrected chi connectivity index (χ3v) is 2.75. The second-order valence-electron chi connectivity index (χ2n) is 4.43. The molecule has 0 unspecified atom stereocenters. The molecule has 3 nitrogen and oxygen atoms in total. The maximum atomic E-state index is 12.2. The number of aliphatic hydroxyl groups is 1. The van der Waals surface area contributed by atoms with E-state index in [0.29, 0.717) is 6.42 Å². The van der Waals surface area contributed by atoms with Gasteiger partial charge in [0.1, 0.15) is 0 Å². The first-order valence-electron chi connectivity index (χ1n) is 5.89. The average Bonchev–Trinajstić information content (AvgIpc) is 2.31. The summed E-state index contributed by atoms with van der Waals surface area (Å²) in [4.78, 5) is 10.9. The van der Waals surface area contributed by atoms with E-state index in [2.05, 4.69) is 0 Å². The number of carbonyl (C=O) groups excluding carboxylic acids is 1. The van der Waals surface area contributed by atoms with Crippen molar-refractivity contribution < 1.29 is 23.1 Å². The highest BCUT2D eigenvalue weighted by Gasteiger charge is 2.39. The molecule has 6 heteroatoms. The molecule has 0 aromatic heterocycles. The van der Waals surface area contributed by atoms with Crippen LogP contribution in [0.25, 0.3) is 0 Å². The molecule has 18 heavy (non-hydrogen) atoms. The molecule has 0 rings (SSSR count). The van der Waals surface area contributed by atoms with Crippen molar-refractivity contribution in [1.82, 2.24) is 5.32 Å². The molecule has 0 saturated heterocycles. The first-order chi connectivity index (χ1) is 8.22. The van der Waals surface area contributed by atoms with Crippen molar-refractivity contribution in [3.05, 3.63) is 12.2 Å². The lowest BCUT2D eigenvalue weighted by atomic mass is 9.97. The van der Waals surface area contributed by atoms with Gasteiger partial charge in [-0.1, -0.05) is 39.3 Å². The highest BCUT2D eigenvalue weighted by molar-refractivity contribution is 5.82. The van der Waals surface area contributed by atoms with Crippen LogP contribution < -0.4 is 5.32 Å². The number of hydrogen-bond acceptors (Lipinski definition) is 2. The number of hydrogen-bond donors (Lipinski definition) is 2. The lowest BCUT2D eigenvalue weighted by Crippen LogP contribution is -2.45. The van der Waals surface area contributed by atoms with Gasteiger partial charge >= 0.3 is 12.1 Å². The molecule has 0 aliphatic heterocycles. The highest BCUT2D eigenvalue weighted by atomic mass is 19.4. The van der Waals surface area contributed by atoms with Crippen molar-refractivity contribution in [1.29, 1.82) is 0 Å². The van der Waals surface area contributed by atoms with Gasteiger partial charge in [-0.15, -0.1) is 0 Å². The van der Waals surface area contributed by atoms with E-state index in [1.165, 1.54) is 6.08 Å². The van der Waals surface area contributed by atoms with Crippen molar-refractivity contribution in [2.24, 2.45) is 11.8 Å². The fourth-order valence-electron chi connectivity index (χ4n) is 1.24. The van der Waals surface area contributed by atoms with Crippen molar-refractivity contribution in [3.63, 3.8) is 0 Å². The van der Waals surface area contributed by atoms with Gasteiger partial charge < -0.3 is 10.4 Å². The minimum absolute atomic E-state index is 0.0864. The molecule has 0 aliphatic rings. The fourth-order valence-corrected chi connectivity index (χ4v) is 1.24. The lowest BCUT2D eigenvalue weighted by molar-refractivity contribution is -0.174. The maximum absolute atomic E-state index is 12.2. The van der Waals surface area contributed by atoms with Gasteiger partial charge in [-0.2, -0.15) is 13.2 Å². The van der Waals surface area contributed by atoms with Crippen LogP contribution in [0.3, 0.4) is 0 Å². The average molecular weight is 267 g/mol. The zero-order valence-electron chi connectivity index (χ0n) is 10.8. The summed E-state index contributed by atoms with van der Waals surface area (Å²) in [6.07, 6.45) is -1.12. The number of rotatable bonds is 6. The Morgan fingerprint density at radius 1 is 1.33 bits per heavy atom. The number of aliphatic hydroxyl groups excluding tert-OH is 1. The summed E-state index contributed by atoms with van der Waals surface area (Å²) in [5, 5.41) is 10.8. The largest absolute Gasteiger partial charge is 0.471 e. The van der Waals surface area contributed by atoms with Crippen LogP contribution in [0.15, 0.2) is 12.2 Å². The molecular weight excluding hydrogens is 247 g/mol. The number of carbonyl (C=O) groups is 1. The zero-order chi connectivity index (χ0) is 14.3. The molecule has 0 aromatic rings. The van der Waals surface area contributed by atoms with Crippen LogP contribution in [-0.2, 0) is 4.79 Å². The van der Waals surface area contributed by atoms with Crippen molar-refractivity contribution in [3.8, 4) is 0 Å². The normalized spacial score (nSPS) is 17.5. The van der Waals surface area contributed by atoms with E-state index in [1.54, 1.807) is 19.9 Å². The van der Waals surface area contributed by atoms with E-state index < -0.39 is 18.1 Å². The second-order valence-corrected chi connectivity index (χ2v) is 4.43. The Kier molecular flexibility index (Phi) is 6.98. The third kappa shape index (κ3) is 6.05. The first-order valence-corrected chi connectivity index (χ1v) is 5.89. The number of halogens is 3. The van der Waals surface area contributed by atoms with Gasteiger partial charge in [-0.3, -0.25) is 4.79 Å². The monoisotopic (exact) mass is 267 g/mol. The standard InChI is InChI=1S/C12H20F3NO2/c1-4-9(3)10(6-5-8(2)7-17)16-11(18)12(13,14)15/h5-6,8-10,17H,4,7H2,1-3H3,(H,16,18)/b6-5+/t8-,9+,10-/m1/s1. The molecule has 2 N–H and O–H groups in total. The summed E-state index contributed by atoms with van der Waals surface area (Å²) >= 11 is 0. The van der Waals surface area contributed by atoms with Crippen LogP contribution in [-0.4, -0.2) is 29.8 Å². The molecule has 1 amide bonds. The summed E-state index contributed by atoms with van der Waals surface area (Å²) in [6, 6.07) is -0.682. The van der Waals surface area contributed by atoms with E-state index in [0.717, 1.165) is 0 Å². The van der Waals surface area contributed by atoms with Gasteiger partial charge in [0.2, 0.25) is 0 Å². The molecule has 0 radical (unpaired) electrons. The quantitative estimate of drug-likeness (QED) is 0.725. The van der Waals surface area contributed by atoms with Crippen LogP contribution in [0, 0.1) is 11.8 Å². The van der Waals surface area contributed by atoms with Crippen molar-refractivity contribution in [2.45, 2.75) is 39.4 Å². The molecule has 0 saturated carbocycles. The van der Waals surface area contributed by atoms with Gasteiger partial charge in [0.15, 0.2) is 0 Å². The van der Waals surface area contributed by atoms with E-state index in [9.17, 15) is 18.0 Å². The smallest absolute Gasteiger partial charge is 0.396 e. The summed E-state index contributed by atoms with van der Waals surface area (Å²) in [5.41, 5.74) is 0. The van der Waals surface area contributed by atoms with Crippen molar-refractivity contribution in [2.75, 3.05) is 6.61 Å². The van der Waals surface area contributed by atoms with Gasteiger partial charge in [0.25, 0.3) is 0 Å². The van der Waals surface area contributed by atoms with Crippen LogP contribution in [0.5, 0.6) is 0 Å². The Hall–Kier alpha value is -1.04. The van der Waals surface area contributed by atoms with E-state index in [1.807, 2.05) is 12.2 Å². The topological polar surface area (TPSA) is 49.3 Å². The Bertz CT molecular complexity index is 290. The molecule has 0 spiro atoms. The second kappa shape index (κ2) is 7.41. The van der Waals surface area contributed by atoms with Gasteiger partial charge in [0.05, 0.1) is 0 Å². The van der Waals surface area contributed by atoms with Crippen LogP contribution >= 0.6 is 0 Å². The molecule has 106 valence electrons. The number of nitrogens with one attached hydrogen (secondary N) is 1. The molecule has 0 aliphatic carbocycles. The predicted molar refractivity (Wildman–Crippen MR) is 62.8 cm³/mol. The minimum Gasteiger partial charge on any atom is -0.396 e. The maximum Gasteiger partial charge on any atom is 0.471 e. The fraction of sp³-hybridized carbons (Fsp3) is 0.750. The van der Waals surface area contributed by atoms with Crippen molar-refractivity contribution >= 4 is 5.91 Å². The van der Waals surface area contributed by atoms with E-state index >= 15 is 0 Å². The Morgan fingerprint density at radius 2 is 1.89 bits per heavy atom. The highest BCUT2D eigenvalue weighted by Crippen LogP contribution is 2.17. The number of amides is 1. The minimum atomic E-state index is -4.87.